The van der Waals surface area contributed by atoms with Crippen LogP contribution in [0, 0.1) is 0 Å². The molecule has 2 nitrogen and oxygen atoms in total. The minimum atomic E-state index is 0.727. The molecule has 1 saturated carbocycles. The summed E-state index contributed by atoms with van der Waals surface area (Å²) in [6.45, 7) is 0.915. The Balaban J connectivity index is 1.71. The van der Waals surface area contributed by atoms with Gasteiger partial charge in [0.15, 0.2) is 0 Å². The van der Waals surface area contributed by atoms with Gasteiger partial charge in [-0.05, 0) is 74.5 Å². The highest BCUT2D eigenvalue weighted by Gasteiger charge is 2.20. The summed E-state index contributed by atoms with van der Waals surface area (Å²) < 4.78 is 7.84. The molecule has 1 aliphatic carbocycles. The Morgan fingerprint density at radius 1 is 1.00 bits per heavy atom. The maximum Gasteiger partial charge on any atom is 0.141 e. The van der Waals surface area contributed by atoms with Gasteiger partial charge in [-0.15, -0.1) is 0 Å². The normalized spacial score (nSPS) is 14.3. The van der Waals surface area contributed by atoms with Crippen LogP contribution >= 0.6 is 31.9 Å². The summed E-state index contributed by atoms with van der Waals surface area (Å²) in [4.78, 5) is 0. The first-order valence-corrected chi connectivity index (χ1v) is 8.25. The lowest BCUT2D eigenvalue weighted by atomic mass is 10.2. The standard InChI is InChI=1S/C16H15Br2NO/c17-13-3-1-2-4-15(13)20-16-8-5-11(9-14(16)18)10-19-12-6-7-12/h1-5,8-9,12,19H,6-7,10H2. The third-order valence-electron chi connectivity index (χ3n) is 3.23. The molecule has 0 atom stereocenters. The van der Waals surface area contributed by atoms with Gasteiger partial charge in [-0.25, -0.2) is 0 Å². The molecule has 1 aliphatic rings. The molecule has 0 bridgehead atoms. The van der Waals surface area contributed by atoms with Crippen LogP contribution < -0.4 is 10.1 Å². The number of para-hydroxylation sites is 1. The van der Waals surface area contributed by atoms with Crippen molar-refractivity contribution >= 4 is 31.9 Å². The fourth-order valence-corrected chi connectivity index (χ4v) is 2.81. The van der Waals surface area contributed by atoms with Gasteiger partial charge in [0.05, 0.1) is 8.95 Å². The van der Waals surface area contributed by atoms with Crippen LogP contribution in [0.2, 0.25) is 0 Å². The predicted octanol–water partition coefficient (Wildman–Crippen LogP) is 5.26. The van der Waals surface area contributed by atoms with E-state index in [2.05, 4.69) is 49.3 Å². The quantitative estimate of drug-likeness (QED) is 0.744. The minimum absolute atomic E-state index is 0.727. The van der Waals surface area contributed by atoms with E-state index in [1.165, 1.54) is 18.4 Å². The van der Waals surface area contributed by atoms with Gasteiger partial charge < -0.3 is 10.1 Å². The molecule has 2 aromatic rings. The van der Waals surface area contributed by atoms with Crippen molar-refractivity contribution in [2.24, 2.45) is 0 Å². The smallest absolute Gasteiger partial charge is 0.141 e. The van der Waals surface area contributed by atoms with Gasteiger partial charge in [-0.3, -0.25) is 0 Å². The summed E-state index contributed by atoms with van der Waals surface area (Å²) >= 11 is 7.07. The molecule has 0 aromatic heterocycles. The third kappa shape index (κ3) is 3.62. The van der Waals surface area contributed by atoms with E-state index in [0.29, 0.717) is 0 Å². The molecule has 0 saturated heterocycles. The minimum Gasteiger partial charge on any atom is -0.455 e. The molecule has 0 unspecified atom stereocenters. The van der Waals surface area contributed by atoms with Crippen molar-refractivity contribution in [2.75, 3.05) is 0 Å². The van der Waals surface area contributed by atoms with Crippen LogP contribution in [0.15, 0.2) is 51.4 Å². The highest BCUT2D eigenvalue weighted by Crippen LogP contribution is 2.34. The zero-order valence-electron chi connectivity index (χ0n) is 10.9. The lowest BCUT2D eigenvalue weighted by Gasteiger charge is -2.11. The van der Waals surface area contributed by atoms with E-state index in [-0.39, 0.29) is 0 Å². The Bertz CT molecular complexity index is 611. The molecule has 0 spiro atoms. The molecule has 1 N–H and O–H groups in total. The van der Waals surface area contributed by atoms with Crippen LogP contribution in [0.25, 0.3) is 0 Å². The fraction of sp³-hybridized carbons (Fsp3) is 0.250. The molecule has 4 heteroatoms. The molecule has 0 radical (unpaired) electrons. The Kier molecular flexibility index (Phi) is 4.44. The van der Waals surface area contributed by atoms with Crippen LogP contribution in [-0.4, -0.2) is 6.04 Å². The van der Waals surface area contributed by atoms with Gasteiger partial charge in [0.25, 0.3) is 0 Å². The van der Waals surface area contributed by atoms with E-state index in [0.717, 1.165) is 33.0 Å². The van der Waals surface area contributed by atoms with E-state index < -0.39 is 0 Å². The monoisotopic (exact) mass is 395 g/mol. The van der Waals surface area contributed by atoms with Crippen molar-refractivity contribution in [3.05, 3.63) is 57.0 Å². The van der Waals surface area contributed by atoms with Crippen LogP contribution in [0.1, 0.15) is 18.4 Å². The highest BCUT2D eigenvalue weighted by atomic mass is 79.9. The van der Waals surface area contributed by atoms with Gasteiger partial charge >= 0.3 is 0 Å². The third-order valence-corrected chi connectivity index (χ3v) is 4.50. The first kappa shape index (κ1) is 14.1. The molecular formula is C16H15Br2NO. The molecule has 0 amide bonds. The van der Waals surface area contributed by atoms with Gasteiger partial charge in [0.1, 0.15) is 11.5 Å². The van der Waals surface area contributed by atoms with Crippen LogP contribution in [0.3, 0.4) is 0 Å². The van der Waals surface area contributed by atoms with Gasteiger partial charge in [-0.2, -0.15) is 0 Å². The highest BCUT2D eigenvalue weighted by molar-refractivity contribution is 9.11. The van der Waals surface area contributed by atoms with Crippen molar-refractivity contribution in [1.82, 2.24) is 5.32 Å². The van der Waals surface area contributed by atoms with E-state index >= 15 is 0 Å². The summed E-state index contributed by atoms with van der Waals surface area (Å²) in [6.07, 6.45) is 2.62. The second kappa shape index (κ2) is 6.29. The van der Waals surface area contributed by atoms with Gasteiger partial charge in [0.2, 0.25) is 0 Å². The van der Waals surface area contributed by atoms with E-state index in [9.17, 15) is 0 Å². The van der Waals surface area contributed by atoms with Crippen molar-refractivity contribution in [2.45, 2.75) is 25.4 Å². The molecule has 104 valence electrons. The number of benzene rings is 2. The van der Waals surface area contributed by atoms with Crippen molar-refractivity contribution in [1.29, 1.82) is 0 Å². The number of ether oxygens (including phenoxy) is 1. The largest absolute Gasteiger partial charge is 0.455 e. The number of nitrogens with one attached hydrogen (secondary N) is 1. The summed E-state index contributed by atoms with van der Waals surface area (Å²) in [7, 11) is 0. The lowest BCUT2D eigenvalue weighted by molar-refractivity contribution is 0.476. The van der Waals surface area contributed by atoms with Crippen molar-refractivity contribution in [3.8, 4) is 11.5 Å². The summed E-state index contributed by atoms with van der Waals surface area (Å²) in [5, 5.41) is 3.51. The van der Waals surface area contributed by atoms with E-state index in [1.807, 2.05) is 30.3 Å². The first-order chi connectivity index (χ1) is 9.72. The van der Waals surface area contributed by atoms with Crippen LogP contribution in [-0.2, 0) is 6.54 Å². The molecule has 3 rings (SSSR count). The number of hydrogen-bond donors (Lipinski definition) is 1. The number of rotatable bonds is 5. The predicted molar refractivity (Wildman–Crippen MR) is 88.2 cm³/mol. The topological polar surface area (TPSA) is 21.3 Å². The van der Waals surface area contributed by atoms with Gasteiger partial charge in [0, 0.05) is 12.6 Å². The maximum atomic E-state index is 5.92. The van der Waals surface area contributed by atoms with Crippen LogP contribution in [0.5, 0.6) is 11.5 Å². The summed E-state index contributed by atoms with van der Waals surface area (Å²) in [5.74, 6) is 1.64. The molecule has 0 heterocycles. The molecular weight excluding hydrogens is 382 g/mol. The average Bonchev–Trinajstić information content (AvgIpc) is 3.26. The Hall–Kier alpha value is -0.840. The zero-order valence-corrected chi connectivity index (χ0v) is 14.1. The Morgan fingerprint density at radius 3 is 2.45 bits per heavy atom. The molecule has 2 aromatic carbocycles. The summed E-state index contributed by atoms with van der Waals surface area (Å²) in [6, 6.07) is 14.8. The zero-order chi connectivity index (χ0) is 13.9. The SMILES string of the molecule is Brc1ccccc1Oc1ccc(CNC2CC2)cc1Br. The van der Waals surface area contributed by atoms with Crippen molar-refractivity contribution < 1.29 is 4.74 Å². The summed E-state index contributed by atoms with van der Waals surface area (Å²) in [5.41, 5.74) is 1.27. The number of halogens is 2. The fourth-order valence-electron chi connectivity index (χ4n) is 1.93. The van der Waals surface area contributed by atoms with Gasteiger partial charge in [-0.1, -0.05) is 18.2 Å². The second-order valence-electron chi connectivity index (χ2n) is 4.95. The Morgan fingerprint density at radius 2 is 1.75 bits per heavy atom. The molecule has 1 fully saturated rings. The van der Waals surface area contributed by atoms with E-state index in [4.69, 9.17) is 4.74 Å². The first-order valence-electron chi connectivity index (χ1n) is 6.66. The Labute approximate surface area is 135 Å². The lowest BCUT2D eigenvalue weighted by Crippen LogP contribution is -2.15. The average molecular weight is 397 g/mol. The van der Waals surface area contributed by atoms with E-state index in [1.54, 1.807) is 0 Å². The van der Waals surface area contributed by atoms with Crippen molar-refractivity contribution in [3.63, 3.8) is 0 Å². The maximum absolute atomic E-state index is 5.92. The molecule has 20 heavy (non-hydrogen) atoms. The van der Waals surface area contributed by atoms with Crippen LogP contribution in [0.4, 0.5) is 0 Å². The number of hydrogen-bond acceptors (Lipinski definition) is 2. The molecule has 0 aliphatic heterocycles. The second-order valence-corrected chi connectivity index (χ2v) is 6.66.